The molecule has 0 saturated carbocycles. The van der Waals surface area contributed by atoms with Gasteiger partial charge in [-0.3, -0.25) is 28.8 Å². The van der Waals surface area contributed by atoms with Gasteiger partial charge in [0.25, 0.3) is 0 Å². The summed E-state index contributed by atoms with van der Waals surface area (Å²) in [5.74, 6) is -3.22. The van der Waals surface area contributed by atoms with Crippen molar-refractivity contribution >= 4 is 90.8 Å². The van der Waals surface area contributed by atoms with Crippen molar-refractivity contribution in [3.63, 3.8) is 0 Å². The van der Waals surface area contributed by atoms with Crippen molar-refractivity contribution in [3.8, 4) is 0 Å². The first kappa shape index (κ1) is 45.9. The Kier molecular flexibility index (Phi) is 22.3. The minimum atomic E-state index is -0.983. The Morgan fingerprint density at radius 1 is 0.604 bits per heavy atom. The topological polar surface area (TPSA) is 270 Å². The van der Waals surface area contributed by atoms with E-state index in [0.29, 0.717) is 71.0 Å². The summed E-state index contributed by atoms with van der Waals surface area (Å²) in [6.45, 7) is -0.0365. The van der Waals surface area contributed by atoms with E-state index < -0.39 is 54.9 Å². The lowest BCUT2D eigenvalue weighted by atomic mass is 10.0. The summed E-state index contributed by atoms with van der Waals surface area (Å²) in [6, 6.07) is -0.983. The summed E-state index contributed by atoms with van der Waals surface area (Å²) in [7, 11) is 8.86. The molecule has 300 valence electrons. The monoisotopic (exact) mass is 824 g/mol. The first-order chi connectivity index (χ1) is 25.4. The zero-order chi connectivity index (χ0) is 39.2. The predicted octanol–water partition coefficient (Wildman–Crippen LogP) is 0.790. The largest absolute Gasteiger partial charge is 0.453 e. The zero-order valence-corrected chi connectivity index (χ0v) is 33.3. The number of nitrogens with one attached hydrogen (secondary N) is 5. The van der Waals surface area contributed by atoms with Crippen LogP contribution in [0.15, 0.2) is 0 Å². The van der Waals surface area contributed by atoms with Crippen LogP contribution in [0.5, 0.6) is 0 Å². The van der Waals surface area contributed by atoms with Crippen LogP contribution in [0.25, 0.3) is 0 Å². The van der Waals surface area contributed by atoms with E-state index in [2.05, 4.69) is 36.1 Å². The fourth-order valence-electron chi connectivity index (χ4n) is 5.06. The Bertz CT molecular complexity index is 1210. The highest BCUT2D eigenvalue weighted by Crippen LogP contribution is 2.58. The maximum absolute atomic E-state index is 13.3. The first-order valence-electron chi connectivity index (χ1n) is 17.3. The second-order valence-corrected chi connectivity index (χ2v) is 17.9. The average Bonchev–Trinajstić information content (AvgIpc) is 4.05. The standard InChI is InChI=1S/C31H52N8O10S4/c1-48-30(46)37-15-8-5-11-21(38-31(47)49-2)27(45)36-16-12-24(42)39(17-22(40)34-13-6-3-9-19(25(32)43)28-50-51-28)18-23(41)35-14-7-4-10-20(26(33)44)29-52-53-29/h19-21,28-29H,3-18H2,1-2H3,(H2,32,43)(H2,33,44)(H,34,40)(H,35,41)(H,36,45)(H,37,46)(H,38,47)/t19-,20-,21?/m0/s1. The third-order valence-electron chi connectivity index (χ3n) is 8.16. The number of nitrogens with two attached hydrogens (primary N) is 2. The molecule has 8 amide bonds. The lowest BCUT2D eigenvalue weighted by Crippen LogP contribution is -2.49. The summed E-state index contributed by atoms with van der Waals surface area (Å²) < 4.78 is 9.49. The van der Waals surface area contributed by atoms with Crippen LogP contribution in [-0.2, 0) is 38.2 Å². The van der Waals surface area contributed by atoms with Gasteiger partial charge in [0.1, 0.15) is 19.1 Å². The molecular weight excluding hydrogens is 773 g/mol. The number of primary amides is 2. The molecule has 0 aromatic carbocycles. The number of alkyl carbamates (subject to hydrolysis) is 2. The molecule has 2 saturated heterocycles. The van der Waals surface area contributed by atoms with E-state index in [1.54, 1.807) is 43.2 Å². The van der Waals surface area contributed by atoms with Gasteiger partial charge in [-0.25, -0.2) is 9.59 Å². The summed E-state index contributed by atoms with van der Waals surface area (Å²) >= 11 is 0. The van der Waals surface area contributed by atoms with Crippen LogP contribution in [0.3, 0.4) is 0 Å². The maximum atomic E-state index is 13.3. The van der Waals surface area contributed by atoms with E-state index in [1.165, 1.54) is 7.11 Å². The van der Waals surface area contributed by atoms with Crippen molar-refractivity contribution in [1.82, 2.24) is 31.5 Å². The van der Waals surface area contributed by atoms with Gasteiger partial charge < -0.3 is 52.4 Å². The van der Waals surface area contributed by atoms with E-state index in [-0.39, 0.29) is 52.2 Å². The van der Waals surface area contributed by atoms with Crippen molar-refractivity contribution in [2.45, 2.75) is 79.4 Å². The van der Waals surface area contributed by atoms with Crippen molar-refractivity contribution in [1.29, 1.82) is 0 Å². The molecule has 2 aliphatic heterocycles. The number of unbranched alkanes of at least 4 members (excludes halogenated alkanes) is 3. The Hall–Kier alpha value is -3.24. The Balaban J connectivity index is 1.88. The average molecular weight is 825 g/mol. The molecule has 0 spiro atoms. The molecule has 0 aromatic heterocycles. The van der Waals surface area contributed by atoms with Crippen molar-refractivity contribution in [2.75, 3.05) is 53.5 Å². The zero-order valence-electron chi connectivity index (χ0n) is 30.0. The van der Waals surface area contributed by atoms with Gasteiger partial charge in [0.2, 0.25) is 35.4 Å². The fraction of sp³-hybridized carbons (Fsp3) is 0.742. The third-order valence-corrected chi connectivity index (χ3v) is 12.8. The molecule has 9 N–H and O–H groups in total. The van der Waals surface area contributed by atoms with Gasteiger partial charge in [0, 0.05) is 32.6 Å². The molecule has 1 unspecified atom stereocenters. The molecule has 2 aliphatic rings. The van der Waals surface area contributed by atoms with Crippen LogP contribution < -0.4 is 38.1 Å². The van der Waals surface area contributed by atoms with Gasteiger partial charge >= 0.3 is 12.2 Å². The van der Waals surface area contributed by atoms with E-state index in [9.17, 15) is 38.4 Å². The molecule has 2 rings (SSSR count). The number of carbonyl (C=O) groups is 8. The molecule has 0 radical (unpaired) electrons. The highest BCUT2D eigenvalue weighted by Gasteiger charge is 2.38. The minimum absolute atomic E-state index is 0.141. The molecule has 18 nitrogen and oxygen atoms in total. The van der Waals surface area contributed by atoms with Crippen LogP contribution in [0.2, 0.25) is 0 Å². The molecule has 0 aliphatic carbocycles. The summed E-state index contributed by atoms with van der Waals surface area (Å²) in [6.07, 6.45) is 3.27. The molecule has 3 atom stereocenters. The lowest BCUT2D eigenvalue weighted by Gasteiger charge is -2.23. The van der Waals surface area contributed by atoms with Gasteiger partial charge in [-0.2, -0.15) is 0 Å². The van der Waals surface area contributed by atoms with Gasteiger partial charge in [0.05, 0.1) is 35.2 Å². The number of ether oxygens (including phenoxy) is 2. The molecule has 22 heteroatoms. The maximum Gasteiger partial charge on any atom is 0.407 e. The van der Waals surface area contributed by atoms with Crippen LogP contribution >= 0.6 is 43.2 Å². The van der Waals surface area contributed by atoms with E-state index >= 15 is 0 Å². The van der Waals surface area contributed by atoms with Gasteiger partial charge in [-0.15, -0.1) is 0 Å². The van der Waals surface area contributed by atoms with Crippen LogP contribution in [-0.4, -0.2) is 121 Å². The number of hydrogen-bond donors (Lipinski definition) is 7. The lowest BCUT2D eigenvalue weighted by molar-refractivity contribution is -0.139. The smallest absolute Gasteiger partial charge is 0.407 e. The van der Waals surface area contributed by atoms with Gasteiger partial charge in [0.15, 0.2) is 0 Å². The molecule has 53 heavy (non-hydrogen) atoms. The van der Waals surface area contributed by atoms with E-state index in [1.807, 2.05) is 0 Å². The molecule has 2 heterocycles. The number of rotatable bonds is 28. The second-order valence-electron chi connectivity index (χ2n) is 12.2. The van der Waals surface area contributed by atoms with Crippen LogP contribution in [0, 0.1) is 11.8 Å². The second kappa shape index (κ2) is 25.7. The van der Waals surface area contributed by atoms with E-state index in [4.69, 9.17) is 11.5 Å². The predicted molar refractivity (Wildman–Crippen MR) is 205 cm³/mol. The summed E-state index contributed by atoms with van der Waals surface area (Å²) in [4.78, 5) is 99.4. The van der Waals surface area contributed by atoms with E-state index in [0.717, 1.165) is 12.0 Å². The molecular formula is C31H52N8O10S4. The van der Waals surface area contributed by atoms with Crippen LogP contribution in [0.4, 0.5) is 9.59 Å². The van der Waals surface area contributed by atoms with Gasteiger partial charge in [-0.1, -0.05) is 56.0 Å². The summed E-state index contributed by atoms with van der Waals surface area (Å²) in [5.41, 5.74) is 11.0. The SMILES string of the molecule is COC(=O)NCCCCC(NC(=O)OC)C(=O)NCCC(=O)N(CC(=O)NCCCC[C@@H](C(N)=O)C1SS1)CC(=O)NCCCC[C@@H](C(N)=O)C1SS1. The number of amides is 8. The Labute approximate surface area is 325 Å². The number of methoxy groups -OCH3 is 2. The highest BCUT2D eigenvalue weighted by molar-refractivity contribution is 8.93. The quantitative estimate of drug-likeness (QED) is 0.0327. The van der Waals surface area contributed by atoms with Crippen molar-refractivity contribution < 1.29 is 47.8 Å². The Morgan fingerprint density at radius 2 is 1.06 bits per heavy atom. The third kappa shape index (κ3) is 20.1. The number of hydrogen-bond acceptors (Lipinski definition) is 14. The molecule has 0 aromatic rings. The number of nitrogens with zero attached hydrogens (tertiary/aromatic N) is 1. The molecule has 0 bridgehead atoms. The Morgan fingerprint density at radius 3 is 1.49 bits per heavy atom. The van der Waals surface area contributed by atoms with Gasteiger partial charge in [-0.05, 0) is 44.9 Å². The fourth-order valence-corrected chi connectivity index (χ4v) is 8.80. The normalized spacial score (nSPS) is 15.1. The van der Waals surface area contributed by atoms with Crippen molar-refractivity contribution in [3.05, 3.63) is 0 Å². The highest BCUT2D eigenvalue weighted by atomic mass is 33.2. The first-order valence-corrected chi connectivity index (χ1v) is 21.9. The summed E-state index contributed by atoms with van der Waals surface area (Å²) in [5, 5.41) is 13.1. The van der Waals surface area contributed by atoms with Crippen LogP contribution in [0.1, 0.15) is 64.2 Å². The van der Waals surface area contributed by atoms with Crippen molar-refractivity contribution in [2.24, 2.45) is 23.3 Å². The number of carbonyl (C=O) groups excluding carboxylic acids is 8. The molecule has 2 fully saturated rings. The minimum Gasteiger partial charge on any atom is -0.453 e.